The van der Waals surface area contributed by atoms with E-state index in [9.17, 15) is 4.79 Å². The van der Waals surface area contributed by atoms with Gasteiger partial charge >= 0.3 is 5.97 Å². The molecule has 3 nitrogen and oxygen atoms in total. The summed E-state index contributed by atoms with van der Waals surface area (Å²) < 4.78 is 5.25. The molecule has 88 valence electrons. The molecule has 1 N–H and O–H groups in total. The van der Waals surface area contributed by atoms with Gasteiger partial charge in [-0.25, -0.2) is 4.79 Å². The van der Waals surface area contributed by atoms with Gasteiger partial charge in [-0.15, -0.1) is 0 Å². The van der Waals surface area contributed by atoms with Crippen LogP contribution in [0.1, 0.15) is 49.1 Å². The number of hydrogen-bond acceptors (Lipinski definition) is 3. The monoisotopic (exact) mass is 240 g/mol. The molecule has 1 aromatic heterocycles. The molecular formula is C12H16O3S. The second-order valence-corrected chi connectivity index (χ2v) is 5.46. The molecule has 0 radical (unpaired) electrons. The molecule has 0 aromatic carbocycles. The van der Waals surface area contributed by atoms with Crippen LogP contribution in [0.2, 0.25) is 0 Å². The molecular weight excluding hydrogens is 224 g/mol. The van der Waals surface area contributed by atoms with Crippen molar-refractivity contribution >= 4 is 17.7 Å². The smallest absolute Gasteiger partial charge is 0.371 e. The fourth-order valence-electron chi connectivity index (χ4n) is 2.02. The van der Waals surface area contributed by atoms with Crippen molar-refractivity contribution in [2.75, 3.05) is 0 Å². The standard InChI is InChI=1S/C12H16O3S/c13-12(14)10-7-8-11(15-10)16-9-5-3-1-2-4-6-9/h7-9H,1-6H2,(H,13,14). The van der Waals surface area contributed by atoms with Crippen LogP contribution in [0, 0.1) is 0 Å². The van der Waals surface area contributed by atoms with E-state index in [0.717, 1.165) is 5.09 Å². The van der Waals surface area contributed by atoms with Crippen molar-refractivity contribution in [2.45, 2.75) is 48.9 Å². The number of furan rings is 1. The maximum absolute atomic E-state index is 10.7. The van der Waals surface area contributed by atoms with Gasteiger partial charge in [-0.1, -0.05) is 37.4 Å². The van der Waals surface area contributed by atoms with Crippen molar-refractivity contribution in [3.63, 3.8) is 0 Å². The molecule has 1 saturated carbocycles. The molecule has 1 heterocycles. The van der Waals surface area contributed by atoms with Gasteiger partial charge in [-0.05, 0) is 25.0 Å². The van der Waals surface area contributed by atoms with Gasteiger partial charge in [0.15, 0.2) is 5.09 Å². The molecule has 0 amide bonds. The van der Waals surface area contributed by atoms with Crippen LogP contribution in [0.5, 0.6) is 0 Å². The summed E-state index contributed by atoms with van der Waals surface area (Å²) in [4.78, 5) is 10.7. The fourth-order valence-corrected chi connectivity index (χ4v) is 3.20. The highest BCUT2D eigenvalue weighted by Gasteiger charge is 2.16. The highest BCUT2D eigenvalue weighted by molar-refractivity contribution is 7.99. The number of carbonyl (C=O) groups is 1. The van der Waals surface area contributed by atoms with E-state index < -0.39 is 5.97 Å². The van der Waals surface area contributed by atoms with Crippen LogP contribution in [0.3, 0.4) is 0 Å². The van der Waals surface area contributed by atoms with Gasteiger partial charge in [0.2, 0.25) is 5.76 Å². The quantitative estimate of drug-likeness (QED) is 0.816. The zero-order valence-electron chi connectivity index (χ0n) is 9.15. The highest BCUT2D eigenvalue weighted by atomic mass is 32.2. The molecule has 0 saturated heterocycles. The molecule has 0 aliphatic heterocycles. The van der Waals surface area contributed by atoms with Gasteiger partial charge in [-0.2, -0.15) is 0 Å². The Morgan fingerprint density at radius 1 is 1.25 bits per heavy atom. The second-order valence-electron chi connectivity index (χ2n) is 4.16. The first-order valence-electron chi connectivity index (χ1n) is 5.75. The van der Waals surface area contributed by atoms with Crippen LogP contribution >= 0.6 is 11.8 Å². The lowest BCUT2D eigenvalue weighted by atomic mass is 10.2. The maximum atomic E-state index is 10.7. The van der Waals surface area contributed by atoms with Crippen LogP contribution in [0.15, 0.2) is 21.6 Å². The van der Waals surface area contributed by atoms with Crippen molar-refractivity contribution in [3.05, 3.63) is 17.9 Å². The minimum absolute atomic E-state index is 0.0381. The van der Waals surface area contributed by atoms with Crippen LogP contribution < -0.4 is 0 Å². The summed E-state index contributed by atoms with van der Waals surface area (Å²) in [5.41, 5.74) is 0. The highest BCUT2D eigenvalue weighted by Crippen LogP contribution is 2.33. The molecule has 1 aromatic rings. The average Bonchev–Trinajstić information content (AvgIpc) is 2.56. The Morgan fingerprint density at radius 3 is 2.50 bits per heavy atom. The molecule has 1 fully saturated rings. The topological polar surface area (TPSA) is 50.4 Å². The van der Waals surface area contributed by atoms with Crippen LogP contribution in [-0.4, -0.2) is 16.3 Å². The van der Waals surface area contributed by atoms with E-state index in [1.165, 1.54) is 44.6 Å². The summed E-state index contributed by atoms with van der Waals surface area (Å²) in [5.74, 6) is -0.955. The van der Waals surface area contributed by atoms with E-state index in [4.69, 9.17) is 9.52 Å². The lowest BCUT2D eigenvalue weighted by Crippen LogP contribution is -1.99. The summed E-state index contributed by atoms with van der Waals surface area (Å²) >= 11 is 1.69. The van der Waals surface area contributed by atoms with Crippen LogP contribution in [0.4, 0.5) is 0 Å². The predicted octanol–water partition coefficient (Wildman–Crippen LogP) is 3.79. The van der Waals surface area contributed by atoms with Crippen molar-refractivity contribution in [1.29, 1.82) is 0 Å². The molecule has 0 spiro atoms. The number of aromatic carboxylic acids is 1. The molecule has 0 atom stereocenters. The predicted molar refractivity (Wildman–Crippen MR) is 63.0 cm³/mol. The Morgan fingerprint density at radius 2 is 1.94 bits per heavy atom. The number of carboxylic acid groups (broad SMARTS) is 1. The third kappa shape index (κ3) is 3.04. The van der Waals surface area contributed by atoms with Gasteiger partial charge < -0.3 is 9.52 Å². The Balaban J connectivity index is 1.94. The minimum atomic E-state index is -0.993. The fraction of sp³-hybridized carbons (Fsp3) is 0.583. The first kappa shape index (κ1) is 11.6. The van der Waals surface area contributed by atoms with E-state index >= 15 is 0 Å². The maximum Gasteiger partial charge on any atom is 0.371 e. The van der Waals surface area contributed by atoms with Gasteiger partial charge in [-0.3, -0.25) is 0 Å². The summed E-state index contributed by atoms with van der Waals surface area (Å²) in [6.07, 6.45) is 7.65. The van der Waals surface area contributed by atoms with Gasteiger partial charge in [0.05, 0.1) is 0 Å². The lowest BCUT2D eigenvalue weighted by molar-refractivity contribution is 0.0656. The lowest BCUT2D eigenvalue weighted by Gasteiger charge is -2.10. The zero-order valence-corrected chi connectivity index (χ0v) is 9.96. The Bertz CT molecular complexity index is 351. The van der Waals surface area contributed by atoms with E-state index in [1.54, 1.807) is 17.8 Å². The molecule has 0 unspecified atom stereocenters. The molecule has 2 rings (SSSR count). The van der Waals surface area contributed by atoms with Crippen molar-refractivity contribution in [2.24, 2.45) is 0 Å². The Hall–Kier alpha value is -0.900. The third-order valence-corrected chi connectivity index (χ3v) is 4.13. The van der Waals surface area contributed by atoms with Gasteiger partial charge in [0.1, 0.15) is 0 Å². The zero-order chi connectivity index (χ0) is 11.4. The van der Waals surface area contributed by atoms with Crippen LogP contribution in [0.25, 0.3) is 0 Å². The Kier molecular flexibility index (Phi) is 3.93. The molecule has 16 heavy (non-hydrogen) atoms. The number of hydrogen-bond donors (Lipinski definition) is 1. The van der Waals surface area contributed by atoms with Crippen molar-refractivity contribution in [1.82, 2.24) is 0 Å². The molecule has 1 aliphatic carbocycles. The van der Waals surface area contributed by atoms with Crippen molar-refractivity contribution in [3.8, 4) is 0 Å². The van der Waals surface area contributed by atoms with E-state index in [0.29, 0.717) is 5.25 Å². The summed E-state index contributed by atoms with van der Waals surface area (Å²) in [6.45, 7) is 0. The Labute approximate surface area is 99.2 Å². The average molecular weight is 240 g/mol. The van der Waals surface area contributed by atoms with E-state index in [2.05, 4.69) is 0 Å². The second kappa shape index (κ2) is 5.43. The first-order chi connectivity index (χ1) is 7.75. The van der Waals surface area contributed by atoms with E-state index in [-0.39, 0.29) is 5.76 Å². The minimum Gasteiger partial charge on any atom is -0.475 e. The molecule has 1 aliphatic rings. The van der Waals surface area contributed by atoms with E-state index in [1.807, 2.05) is 0 Å². The first-order valence-corrected chi connectivity index (χ1v) is 6.63. The van der Waals surface area contributed by atoms with Crippen LogP contribution in [-0.2, 0) is 0 Å². The third-order valence-electron chi connectivity index (χ3n) is 2.88. The number of rotatable bonds is 3. The van der Waals surface area contributed by atoms with Gasteiger partial charge in [0.25, 0.3) is 0 Å². The largest absolute Gasteiger partial charge is 0.475 e. The number of carboxylic acids is 1. The summed E-state index contributed by atoms with van der Waals surface area (Å²) in [5, 5.41) is 10.1. The normalized spacial score (nSPS) is 18.2. The SMILES string of the molecule is O=C(O)c1ccc(SC2CCCCCC2)o1. The summed E-state index contributed by atoms with van der Waals surface area (Å²) in [6, 6.07) is 3.29. The number of thioether (sulfide) groups is 1. The van der Waals surface area contributed by atoms with Crippen molar-refractivity contribution < 1.29 is 14.3 Å². The van der Waals surface area contributed by atoms with Gasteiger partial charge in [0, 0.05) is 5.25 Å². The molecule has 4 heteroatoms. The molecule has 0 bridgehead atoms. The summed E-state index contributed by atoms with van der Waals surface area (Å²) in [7, 11) is 0.